The van der Waals surface area contributed by atoms with Crippen molar-refractivity contribution < 1.29 is 43.7 Å². The SMILES string of the molecule is CC(C)[C@H](NC(=O)[C@@H]1CCCN1C(=O)[C@@H](NC(=O)CCCCC(C)(C)NC(=O)c1ccc(O)cn1)C(C)C)C(=O)c1nnc(-c2cc(O)cc(O)c2)o1. The zero-order valence-corrected chi connectivity index (χ0v) is 30.9. The number of pyridine rings is 1. The van der Waals surface area contributed by atoms with E-state index in [0.717, 1.165) is 6.07 Å². The van der Waals surface area contributed by atoms with E-state index >= 15 is 0 Å². The Kier molecular flexibility index (Phi) is 13.1. The lowest BCUT2D eigenvalue weighted by atomic mass is 9.96. The van der Waals surface area contributed by atoms with E-state index < -0.39 is 41.3 Å². The number of nitrogens with one attached hydrogen (secondary N) is 3. The van der Waals surface area contributed by atoms with Gasteiger partial charge in [-0.2, -0.15) is 0 Å². The molecule has 3 aromatic rings. The molecule has 3 atom stereocenters. The first kappa shape index (κ1) is 40.2. The Morgan fingerprint density at radius 1 is 0.906 bits per heavy atom. The van der Waals surface area contributed by atoms with Crippen molar-refractivity contribution >= 4 is 29.4 Å². The number of rotatable bonds is 16. The van der Waals surface area contributed by atoms with E-state index in [9.17, 15) is 39.3 Å². The Bertz CT molecular complexity index is 1770. The summed E-state index contributed by atoms with van der Waals surface area (Å²) >= 11 is 0. The highest BCUT2D eigenvalue weighted by Gasteiger charge is 2.40. The summed E-state index contributed by atoms with van der Waals surface area (Å²) in [5, 5.41) is 45.2. The van der Waals surface area contributed by atoms with Gasteiger partial charge in [0, 0.05) is 30.1 Å². The summed E-state index contributed by atoms with van der Waals surface area (Å²) < 4.78 is 5.54. The summed E-state index contributed by atoms with van der Waals surface area (Å²) in [5.74, 6) is -3.89. The van der Waals surface area contributed by atoms with Gasteiger partial charge in [-0.05, 0) is 75.6 Å². The van der Waals surface area contributed by atoms with Crippen molar-refractivity contribution in [3.63, 3.8) is 0 Å². The zero-order chi connectivity index (χ0) is 39.0. The summed E-state index contributed by atoms with van der Waals surface area (Å²) in [7, 11) is 0. The molecule has 1 fully saturated rings. The number of amides is 4. The zero-order valence-electron chi connectivity index (χ0n) is 30.9. The van der Waals surface area contributed by atoms with Crippen LogP contribution in [0.5, 0.6) is 17.2 Å². The molecule has 2 aromatic heterocycles. The van der Waals surface area contributed by atoms with E-state index in [1.165, 1.54) is 35.4 Å². The van der Waals surface area contributed by atoms with E-state index in [-0.39, 0.29) is 70.3 Å². The largest absolute Gasteiger partial charge is 0.508 e. The van der Waals surface area contributed by atoms with Crippen LogP contribution in [-0.4, -0.2) is 95.0 Å². The molecule has 4 amide bonds. The number of phenols is 2. The second kappa shape index (κ2) is 17.3. The predicted molar refractivity (Wildman–Crippen MR) is 192 cm³/mol. The number of hydrogen-bond donors (Lipinski definition) is 6. The number of carbonyl (C=O) groups excluding carboxylic acids is 5. The molecule has 1 aliphatic heterocycles. The first-order valence-electron chi connectivity index (χ1n) is 17.7. The second-order valence-corrected chi connectivity index (χ2v) is 14.7. The Labute approximate surface area is 307 Å². The maximum Gasteiger partial charge on any atom is 0.286 e. The maximum absolute atomic E-state index is 13.8. The van der Waals surface area contributed by atoms with Crippen molar-refractivity contribution in [2.45, 2.75) is 104 Å². The van der Waals surface area contributed by atoms with Gasteiger partial charge in [0.25, 0.3) is 11.8 Å². The van der Waals surface area contributed by atoms with Gasteiger partial charge >= 0.3 is 0 Å². The highest BCUT2D eigenvalue weighted by molar-refractivity contribution is 6.00. The fraction of sp³-hybridized carbons (Fsp3) is 0.514. The van der Waals surface area contributed by atoms with E-state index in [2.05, 4.69) is 31.1 Å². The molecule has 0 bridgehead atoms. The van der Waals surface area contributed by atoms with Gasteiger partial charge in [-0.3, -0.25) is 24.0 Å². The van der Waals surface area contributed by atoms with Crippen LogP contribution in [0.25, 0.3) is 11.5 Å². The molecule has 53 heavy (non-hydrogen) atoms. The van der Waals surface area contributed by atoms with Gasteiger partial charge in [-0.15, -0.1) is 10.2 Å². The van der Waals surface area contributed by atoms with Gasteiger partial charge in [0.05, 0.1) is 12.2 Å². The normalized spacial score (nSPS) is 15.6. The number of Topliss-reactive ketones (excluding diaryl/α,β-unsaturated/α-hetero) is 1. The number of ketones is 1. The first-order valence-corrected chi connectivity index (χ1v) is 17.7. The number of benzene rings is 1. The minimum atomic E-state index is -1.06. The van der Waals surface area contributed by atoms with Crippen LogP contribution in [0.15, 0.2) is 40.9 Å². The summed E-state index contributed by atoms with van der Waals surface area (Å²) in [6, 6.07) is 3.71. The molecule has 286 valence electrons. The molecular weight excluding hydrogens is 686 g/mol. The average Bonchev–Trinajstić information content (AvgIpc) is 3.78. The summed E-state index contributed by atoms with van der Waals surface area (Å²) in [5.41, 5.74) is -0.209. The highest BCUT2D eigenvalue weighted by atomic mass is 16.4. The number of hydrogen-bond acceptors (Lipinski definition) is 12. The Morgan fingerprint density at radius 2 is 1.58 bits per heavy atom. The number of phenolic OH excluding ortho intramolecular Hbond substituents is 2. The quantitative estimate of drug-likeness (QED) is 0.0916. The molecule has 1 saturated heterocycles. The lowest BCUT2D eigenvalue weighted by Crippen LogP contribution is -2.57. The molecule has 16 heteroatoms. The van der Waals surface area contributed by atoms with Gasteiger partial charge in [0.2, 0.25) is 29.4 Å². The monoisotopic (exact) mass is 735 g/mol. The number of nitrogens with zero attached hydrogens (tertiary/aromatic N) is 4. The van der Waals surface area contributed by atoms with Crippen LogP contribution in [-0.2, 0) is 14.4 Å². The second-order valence-electron chi connectivity index (χ2n) is 14.7. The molecule has 3 heterocycles. The van der Waals surface area contributed by atoms with Crippen LogP contribution in [0, 0.1) is 11.8 Å². The fourth-order valence-electron chi connectivity index (χ4n) is 6.12. The number of unbranched alkanes of at least 4 members (excludes halogenated alkanes) is 1. The van der Waals surface area contributed by atoms with Crippen molar-refractivity contribution in [2.24, 2.45) is 11.8 Å². The van der Waals surface area contributed by atoms with Crippen LogP contribution in [0.1, 0.15) is 101 Å². The Hall–Kier alpha value is -5.54. The smallest absolute Gasteiger partial charge is 0.286 e. The molecule has 6 N–H and O–H groups in total. The first-order chi connectivity index (χ1) is 25.0. The molecule has 0 aliphatic carbocycles. The van der Waals surface area contributed by atoms with Crippen molar-refractivity contribution in [1.82, 2.24) is 36.0 Å². The average molecular weight is 736 g/mol. The molecule has 0 radical (unpaired) electrons. The molecule has 16 nitrogen and oxygen atoms in total. The highest BCUT2D eigenvalue weighted by Crippen LogP contribution is 2.28. The Balaban J connectivity index is 1.32. The number of aromatic nitrogens is 3. The van der Waals surface area contributed by atoms with Crippen LogP contribution >= 0.6 is 0 Å². The van der Waals surface area contributed by atoms with Gasteiger partial charge in [-0.25, -0.2) is 4.98 Å². The van der Waals surface area contributed by atoms with Gasteiger partial charge in [0.15, 0.2) is 0 Å². The number of aromatic hydroxyl groups is 3. The third-order valence-electron chi connectivity index (χ3n) is 9.01. The summed E-state index contributed by atoms with van der Waals surface area (Å²) in [6.45, 7) is 11.1. The Morgan fingerprint density at radius 3 is 2.21 bits per heavy atom. The lowest BCUT2D eigenvalue weighted by Gasteiger charge is -2.31. The third-order valence-corrected chi connectivity index (χ3v) is 9.01. The molecule has 4 rings (SSSR count). The van der Waals surface area contributed by atoms with Crippen molar-refractivity contribution in [3.05, 3.63) is 48.1 Å². The molecule has 0 unspecified atom stereocenters. The summed E-state index contributed by atoms with van der Waals surface area (Å²) in [6.07, 6.45) is 4.00. The van der Waals surface area contributed by atoms with E-state index in [1.807, 2.05) is 27.7 Å². The van der Waals surface area contributed by atoms with E-state index in [1.54, 1.807) is 13.8 Å². The lowest BCUT2D eigenvalue weighted by molar-refractivity contribution is -0.142. The van der Waals surface area contributed by atoms with Crippen LogP contribution in [0.4, 0.5) is 0 Å². The summed E-state index contributed by atoms with van der Waals surface area (Å²) in [4.78, 5) is 71.9. The van der Waals surface area contributed by atoms with E-state index in [4.69, 9.17) is 4.42 Å². The minimum Gasteiger partial charge on any atom is -0.508 e. The number of carbonyl (C=O) groups is 5. The van der Waals surface area contributed by atoms with Crippen LogP contribution in [0.2, 0.25) is 0 Å². The third kappa shape index (κ3) is 10.7. The van der Waals surface area contributed by atoms with Gasteiger partial charge in [0.1, 0.15) is 35.0 Å². The minimum absolute atomic E-state index is 0.0380. The van der Waals surface area contributed by atoms with Crippen molar-refractivity contribution in [2.75, 3.05) is 6.54 Å². The number of likely N-dealkylation sites (tertiary alicyclic amines) is 1. The molecule has 0 spiro atoms. The van der Waals surface area contributed by atoms with Crippen LogP contribution < -0.4 is 16.0 Å². The molecular formula is C37H49N7O9. The topological polar surface area (TPSA) is 237 Å². The standard InChI is InChI=1S/C37H49N7O9/c1-20(2)29(31(49)35-43-42-34(53-35)22-16-24(46)18-25(47)17-22)40-33(51)27-10-9-15-44(27)36(52)30(21(3)4)39-28(48)11-7-8-14-37(5,6)41-32(50)26-13-12-23(45)19-38-26/h12-13,16-21,27,29-30,45-47H,7-11,14-15H2,1-6H3,(H,39,48)(H,40,51)(H,41,50)/t27-,29-,30-/m0/s1. The van der Waals surface area contributed by atoms with Gasteiger partial charge < -0.3 is 40.6 Å². The molecule has 1 aliphatic rings. The predicted octanol–water partition coefficient (Wildman–Crippen LogP) is 3.47. The van der Waals surface area contributed by atoms with E-state index in [0.29, 0.717) is 38.6 Å². The molecule has 1 aromatic carbocycles. The molecule has 0 saturated carbocycles. The van der Waals surface area contributed by atoms with Crippen molar-refractivity contribution in [3.8, 4) is 28.7 Å². The maximum atomic E-state index is 13.8. The van der Waals surface area contributed by atoms with Crippen LogP contribution in [0.3, 0.4) is 0 Å². The van der Waals surface area contributed by atoms with Crippen molar-refractivity contribution in [1.29, 1.82) is 0 Å². The fourth-order valence-corrected chi connectivity index (χ4v) is 6.12. The van der Waals surface area contributed by atoms with Gasteiger partial charge in [-0.1, -0.05) is 34.1 Å².